The molecule has 0 aliphatic rings. The number of amides is 1. The highest BCUT2D eigenvalue weighted by Gasteiger charge is 2.05. The average molecular weight is 417 g/mol. The molecule has 116 valence electrons. The van der Waals surface area contributed by atoms with Gasteiger partial charge >= 0.3 is 0 Å². The molecule has 2 aromatic carbocycles. The Labute approximate surface area is 148 Å². The van der Waals surface area contributed by atoms with E-state index in [1.165, 1.54) is 5.56 Å². The van der Waals surface area contributed by atoms with Gasteiger partial charge in [0.25, 0.3) is 5.91 Å². The van der Waals surface area contributed by atoms with Crippen LogP contribution in [0.2, 0.25) is 0 Å². The third-order valence-electron chi connectivity index (χ3n) is 3.47. The minimum Gasteiger partial charge on any atom is -0.348 e. The van der Waals surface area contributed by atoms with E-state index in [0.717, 1.165) is 15.7 Å². The van der Waals surface area contributed by atoms with Crippen LogP contribution in [-0.2, 0) is 13.1 Å². The van der Waals surface area contributed by atoms with Crippen LogP contribution < -0.4 is 5.32 Å². The zero-order valence-corrected chi connectivity index (χ0v) is 14.6. The van der Waals surface area contributed by atoms with Crippen molar-refractivity contribution in [3.63, 3.8) is 0 Å². The normalized spacial score (nSPS) is 10.5. The summed E-state index contributed by atoms with van der Waals surface area (Å²) in [4.78, 5) is 12.1. The maximum atomic E-state index is 12.1. The molecular formula is C18H16IN3O. The van der Waals surface area contributed by atoms with Gasteiger partial charge in [-0.05, 0) is 58.0 Å². The standard InChI is InChI=1S/C18H16IN3O/c19-17-4-1-3-16(11-17)18(23)20-12-14-5-7-15(8-6-14)13-22-10-2-9-21-22/h1-11H,12-13H2,(H,20,23). The fourth-order valence-electron chi connectivity index (χ4n) is 2.26. The monoisotopic (exact) mass is 417 g/mol. The first-order valence-electron chi connectivity index (χ1n) is 7.30. The summed E-state index contributed by atoms with van der Waals surface area (Å²) >= 11 is 2.20. The Morgan fingerprint density at radius 1 is 1.09 bits per heavy atom. The van der Waals surface area contributed by atoms with Crippen LogP contribution in [-0.4, -0.2) is 15.7 Å². The van der Waals surface area contributed by atoms with Crippen LogP contribution in [0, 0.1) is 3.57 Å². The lowest BCUT2D eigenvalue weighted by Crippen LogP contribution is -2.22. The first-order valence-corrected chi connectivity index (χ1v) is 8.37. The molecule has 5 heteroatoms. The molecule has 23 heavy (non-hydrogen) atoms. The molecule has 0 saturated heterocycles. The quantitative estimate of drug-likeness (QED) is 0.647. The fraction of sp³-hybridized carbons (Fsp3) is 0.111. The number of hydrogen-bond acceptors (Lipinski definition) is 2. The summed E-state index contributed by atoms with van der Waals surface area (Å²) in [7, 11) is 0. The molecule has 1 N–H and O–H groups in total. The van der Waals surface area contributed by atoms with E-state index < -0.39 is 0 Å². The third kappa shape index (κ3) is 4.41. The second-order valence-electron chi connectivity index (χ2n) is 5.21. The molecule has 1 amide bonds. The molecule has 1 heterocycles. The number of carbonyl (C=O) groups excluding carboxylic acids is 1. The van der Waals surface area contributed by atoms with E-state index in [1.807, 2.05) is 53.3 Å². The highest BCUT2D eigenvalue weighted by Crippen LogP contribution is 2.09. The van der Waals surface area contributed by atoms with Gasteiger partial charge in [-0.1, -0.05) is 30.3 Å². The highest BCUT2D eigenvalue weighted by molar-refractivity contribution is 14.1. The summed E-state index contributed by atoms with van der Waals surface area (Å²) in [6.45, 7) is 1.27. The topological polar surface area (TPSA) is 46.9 Å². The summed E-state index contributed by atoms with van der Waals surface area (Å²) in [6, 6.07) is 17.7. The summed E-state index contributed by atoms with van der Waals surface area (Å²) in [6.07, 6.45) is 3.71. The lowest BCUT2D eigenvalue weighted by Gasteiger charge is -2.07. The molecule has 0 atom stereocenters. The van der Waals surface area contributed by atoms with Crippen molar-refractivity contribution in [2.45, 2.75) is 13.1 Å². The van der Waals surface area contributed by atoms with Gasteiger partial charge in [-0.3, -0.25) is 9.48 Å². The Morgan fingerprint density at radius 2 is 1.87 bits per heavy atom. The summed E-state index contributed by atoms with van der Waals surface area (Å²) < 4.78 is 2.94. The largest absolute Gasteiger partial charge is 0.348 e. The maximum absolute atomic E-state index is 12.1. The lowest BCUT2D eigenvalue weighted by atomic mass is 10.1. The highest BCUT2D eigenvalue weighted by atomic mass is 127. The van der Waals surface area contributed by atoms with Crippen molar-refractivity contribution >= 4 is 28.5 Å². The van der Waals surface area contributed by atoms with Crippen molar-refractivity contribution < 1.29 is 4.79 Å². The van der Waals surface area contributed by atoms with Crippen molar-refractivity contribution in [3.05, 3.63) is 87.3 Å². The number of hydrogen-bond donors (Lipinski definition) is 1. The van der Waals surface area contributed by atoms with E-state index in [1.54, 1.807) is 6.20 Å². The van der Waals surface area contributed by atoms with E-state index in [-0.39, 0.29) is 5.91 Å². The van der Waals surface area contributed by atoms with Crippen LogP contribution in [0.3, 0.4) is 0 Å². The Morgan fingerprint density at radius 3 is 2.57 bits per heavy atom. The van der Waals surface area contributed by atoms with Gasteiger partial charge in [-0.25, -0.2) is 0 Å². The minimum absolute atomic E-state index is 0.0517. The molecule has 0 spiro atoms. The molecule has 3 rings (SSSR count). The lowest BCUT2D eigenvalue weighted by molar-refractivity contribution is 0.0951. The number of carbonyl (C=O) groups is 1. The molecule has 0 aliphatic heterocycles. The molecule has 4 nitrogen and oxygen atoms in total. The van der Waals surface area contributed by atoms with Gasteiger partial charge < -0.3 is 5.32 Å². The fourth-order valence-corrected chi connectivity index (χ4v) is 2.80. The van der Waals surface area contributed by atoms with Gasteiger partial charge in [0.2, 0.25) is 0 Å². The van der Waals surface area contributed by atoms with Crippen molar-refractivity contribution in [2.75, 3.05) is 0 Å². The second-order valence-corrected chi connectivity index (χ2v) is 6.46. The number of benzene rings is 2. The number of nitrogens with one attached hydrogen (secondary N) is 1. The van der Waals surface area contributed by atoms with Crippen LogP contribution in [0.5, 0.6) is 0 Å². The summed E-state index contributed by atoms with van der Waals surface area (Å²) in [5.74, 6) is -0.0517. The van der Waals surface area contributed by atoms with Crippen molar-refractivity contribution in [1.82, 2.24) is 15.1 Å². The number of rotatable bonds is 5. The van der Waals surface area contributed by atoms with Crippen LogP contribution in [0.15, 0.2) is 67.0 Å². The SMILES string of the molecule is O=C(NCc1ccc(Cn2cccn2)cc1)c1cccc(I)c1. The van der Waals surface area contributed by atoms with Gasteiger partial charge in [0.1, 0.15) is 0 Å². The predicted octanol–water partition coefficient (Wildman–Crippen LogP) is 3.47. The van der Waals surface area contributed by atoms with E-state index >= 15 is 0 Å². The summed E-state index contributed by atoms with van der Waals surface area (Å²) in [5.41, 5.74) is 2.95. The molecule has 0 fully saturated rings. The Bertz CT molecular complexity index is 782. The number of halogens is 1. The summed E-state index contributed by atoms with van der Waals surface area (Å²) in [5, 5.41) is 7.14. The average Bonchev–Trinajstić information content (AvgIpc) is 3.07. The van der Waals surface area contributed by atoms with Crippen LogP contribution in [0.1, 0.15) is 21.5 Å². The molecule has 1 aromatic heterocycles. The minimum atomic E-state index is -0.0517. The first kappa shape index (κ1) is 15.7. The molecule has 0 unspecified atom stereocenters. The zero-order valence-electron chi connectivity index (χ0n) is 12.4. The number of nitrogens with zero attached hydrogens (tertiary/aromatic N) is 2. The van der Waals surface area contributed by atoms with Crippen LogP contribution in [0.25, 0.3) is 0 Å². The van der Waals surface area contributed by atoms with E-state index in [2.05, 4.69) is 45.1 Å². The molecular weight excluding hydrogens is 401 g/mol. The van der Waals surface area contributed by atoms with Gasteiger partial charge in [0, 0.05) is 28.1 Å². The second kappa shape index (κ2) is 7.41. The van der Waals surface area contributed by atoms with Gasteiger partial charge in [-0.2, -0.15) is 5.10 Å². The Balaban J connectivity index is 1.57. The molecule has 0 radical (unpaired) electrons. The van der Waals surface area contributed by atoms with Crippen LogP contribution in [0.4, 0.5) is 0 Å². The predicted molar refractivity (Wildman–Crippen MR) is 98.1 cm³/mol. The van der Waals surface area contributed by atoms with Gasteiger partial charge in [0.15, 0.2) is 0 Å². The number of aromatic nitrogens is 2. The van der Waals surface area contributed by atoms with Crippen molar-refractivity contribution in [2.24, 2.45) is 0 Å². The van der Waals surface area contributed by atoms with E-state index in [0.29, 0.717) is 12.1 Å². The first-order chi connectivity index (χ1) is 11.2. The molecule has 3 aromatic rings. The van der Waals surface area contributed by atoms with Gasteiger partial charge in [-0.15, -0.1) is 0 Å². The zero-order chi connectivity index (χ0) is 16.1. The van der Waals surface area contributed by atoms with Crippen LogP contribution >= 0.6 is 22.6 Å². The van der Waals surface area contributed by atoms with Gasteiger partial charge in [0.05, 0.1) is 6.54 Å². The van der Waals surface area contributed by atoms with E-state index in [4.69, 9.17) is 0 Å². The molecule has 0 aliphatic carbocycles. The Kier molecular flexibility index (Phi) is 5.07. The Hall–Kier alpha value is -2.15. The van der Waals surface area contributed by atoms with Crippen molar-refractivity contribution in [3.8, 4) is 0 Å². The van der Waals surface area contributed by atoms with E-state index in [9.17, 15) is 4.79 Å². The third-order valence-corrected chi connectivity index (χ3v) is 4.14. The smallest absolute Gasteiger partial charge is 0.251 e. The molecule has 0 saturated carbocycles. The molecule has 0 bridgehead atoms. The maximum Gasteiger partial charge on any atom is 0.251 e. The van der Waals surface area contributed by atoms with Crippen molar-refractivity contribution in [1.29, 1.82) is 0 Å².